The first-order valence-electron chi connectivity index (χ1n) is 7.86. The highest BCUT2D eigenvalue weighted by Crippen LogP contribution is 2.16. The molecule has 1 amide bonds. The standard InChI is InChI=1S/C18H16N4O3S/c1-11(25-13-5-3-12(9-19)4-6-13)18(24)22(2)10-15-20-14-7-8-26-16(14)17(23)21-15/h3-8,11H,10H2,1-2H3,(H,20,21,23). The number of carbonyl (C=O) groups is 1. The van der Waals surface area contributed by atoms with Gasteiger partial charge in [-0.15, -0.1) is 11.3 Å². The summed E-state index contributed by atoms with van der Waals surface area (Å²) in [7, 11) is 1.62. The smallest absolute Gasteiger partial charge is 0.268 e. The van der Waals surface area contributed by atoms with E-state index in [0.29, 0.717) is 27.4 Å². The maximum absolute atomic E-state index is 12.5. The molecule has 1 unspecified atom stereocenters. The Bertz CT molecular complexity index is 1030. The van der Waals surface area contributed by atoms with Crippen LogP contribution in [0.2, 0.25) is 0 Å². The van der Waals surface area contributed by atoms with Crippen LogP contribution in [0.3, 0.4) is 0 Å². The number of hydrogen-bond acceptors (Lipinski definition) is 6. The molecule has 0 aliphatic rings. The van der Waals surface area contributed by atoms with Crippen molar-refractivity contribution in [2.24, 2.45) is 0 Å². The zero-order valence-electron chi connectivity index (χ0n) is 14.2. The van der Waals surface area contributed by atoms with Crippen molar-refractivity contribution in [3.05, 3.63) is 57.5 Å². The Labute approximate surface area is 153 Å². The lowest BCUT2D eigenvalue weighted by Crippen LogP contribution is -2.38. The van der Waals surface area contributed by atoms with E-state index in [4.69, 9.17) is 10.00 Å². The van der Waals surface area contributed by atoms with Gasteiger partial charge in [0, 0.05) is 7.05 Å². The summed E-state index contributed by atoms with van der Waals surface area (Å²) in [5.41, 5.74) is 0.937. The molecule has 3 aromatic rings. The van der Waals surface area contributed by atoms with Crippen molar-refractivity contribution < 1.29 is 9.53 Å². The summed E-state index contributed by atoms with van der Waals surface area (Å²) in [4.78, 5) is 33.0. The number of fused-ring (bicyclic) bond motifs is 1. The van der Waals surface area contributed by atoms with Crippen molar-refractivity contribution in [1.82, 2.24) is 14.9 Å². The van der Waals surface area contributed by atoms with Crippen LogP contribution in [0, 0.1) is 11.3 Å². The predicted octanol–water partition coefficient (Wildman–Crippen LogP) is 2.28. The van der Waals surface area contributed by atoms with Gasteiger partial charge in [0.2, 0.25) is 0 Å². The Morgan fingerprint density at radius 3 is 2.81 bits per heavy atom. The molecule has 26 heavy (non-hydrogen) atoms. The number of amides is 1. The number of carbonyl (C=O) groups excluding carboxylic acids is 1. The van der Waals surface area contributed by atoms with Gasteiger partial charge in [-0.3, -0.25) is 9.59 Å². The van der Waals surface area contributed by atoms with Crippen LogP contribution < -0.4 is 10.3 Å². The minimum absolute atomic E-state index is 0.168. The Morgan fingerprint density at radius 1 is 1.38 bits per heavy atom. The monoisotopic (exact) mass is 368 g/mol. The number of ether oxygens (including phenoxy) is 1. The number of nitriles is 1. The first kappa shape index (κ1) is 17.6. The van der Waals surface area contributed by atoms with Crippen LogP contribution in [0.4, 0.5) is 0 Å². The average Bonchev–Trinajstić information content (AvgIpc) is 3.10. The predicted molar refractivity (Wildman–Crippen MR) is 98.0 cm³/mol. The van der Waals surface area contributed by atoms with Crippen LogP contribution in [0.25, 0.3) is 10.2 Å². The molecular formula is C18H16N4O3S. The summed E-state index contributed by atoms with van der Waals surface area (Å²) >= 11 is 1.33. The highest BCUT2D eigenvalue weighted by molar-refractivity contribution is 7.17. The lowest BCUT2D eigenvalue weighted by Gasteiger charge is -2.21. The first-order chi connectivity index (χ1) is 12.5. The van der Waals surface area contributed by atoms with E-state index in [1.807, 2.05) is 6.07 Å². The summed E-state index contributed by atoms with van der Waals surface area (Å²) in [5, 5.41) is 10.6. The maximum Gasteiger partial charge on any atom is 0.268 e. The lowest BCUT2D eigenvalue weighted by molar-refractivity contribution is -0.137. The molecule has 0 aliphatic carbocycles. The van der Waals surface area contributed by atoms with E-state index in [1.54, 1.807) is 49.7 Å². The molecule has 3 rings (SSSR count). The Kier molecular flexibility index (Phi) is 5.00. The van der Waals surface area contributed by atoms with Crippen molar-refractivity contribution in [2.75, 3.05) is 7.05 Å². The third-order valence-electron chi connectivity index (χ3n) is 3.77. The molecule has 1 atom stereocenters. The van der Waals surface area contributed by atoms with Crippen molar-refractivity contribution in [3.63, 3.8) is 0 Å². The quantitative estimate of drug-likeness (QED) is 0.745. The Morgan fingerprint density at radius 2 is 2.12 bits per heavy atom. The summed E-state index contributed by atoms with van der Waals surface area (Å²) in [6, 6.07) is 10.3. The second-order valence-electron chi connectivity index (χ2n) is 5.74. The minimum atomic E-state index is -0.718. The molecule has 7 nitrogen and oxygen atoms in total. The van der Waals surface area contributed by atoms with Crippen molar-refractivity contribution in [3.8, 4) is 11.8 Å². The molecule has 132 valence electrons. The van der Waals surface area contributed by atoms with Crippen molar-refractivity contribution >= 4 is 27.5 Å². The molecule has 1 aromatic carbocycles. The van der Waals surface area contributed by atoms with Gasteiger partial charge in [-0.25, -0.2) is 4.98 Å². The minimum Gasteiger partial charge on any atom is -0.481 e. The molecule has 0 fully saturated rings. The molecule has 0 saturated heterocycles. The van der Waals surface area contributed by atoms with E-state index in [2.05, 4.69) is 9.97 Å². The number of nitrogens with zero attached hydrogens (tertiary/aromatic N) is 3. The van der Waals surface area contributed by atoms with Gasteiger partial charge >= 0.3 is 0 Å². The second-order valence-corrected chi connectivity index (χ2v) is 6.65. The molecule has 0 saturated carbocycles. The molecule has 0 radical (unpaired) electrons. The lowest BCUT2D eigenvalue weighted by atomic mass is 10.2. The number of nitrogens with one attached hydrogen (secondary N) is 1. The van der Waals surface area contributed by atoms with Crippen LogP contribution in [-0.4, -0.2) is 33.9 Å². The third-order valence-corrected chi connectivity index (χ3v) is 4.67. The molecule has 8 heteroatoms. The van der Waals surface area contributed by atoms with Gasteiger partial charge in [-0.05, 0) is 42.6 Å². The number of hydrogen-bond donors (Lipinski definition) is 1. The number of thiophene rings is 1. The van der Waals surface area contributed by atoms with Gasteiger partial charge in [0.25, 0.3) is 11.5 Å². The van der Waals surface area contributed by atoms with Gasteiger partial charge in [0.15, 0.2) is 6.10 Å². The van der Waals surface area contributed by atoms with E-state index in [0.717, 1.165) is 0 Å². The molecule has 2 aromatic heterocycles. The summed E-state index contributed by atoms with van der Waals surface area (Å²) < 4.78 is 6.19. The van der Waals surface area contributed by atoms with Gasteiger partial charge in [-0.1, -0.05) is 0 Å². The highest BCUT2D eigenvalue weighted by Gasteiger charge is 2.20. The van der Waals surface area contributed by atoms with Crippen LogP contribution in [0.1, 0.15) is 18.3 Å². The van der Waals surface area contributed by atoms with Gasteiger partial charge in [0.05, 0.1) is 23.7 Å². The van der Waals surface area contributed by atoms with Crippen LogP contribution in [-0.2, 0) is 11.3 Å². The fourth-order valence-corrected chi connectivity index (χ4v) is 3.20. The fraction of sp³-hybridized carbons (Fsp3) is 0.222. The number of aromatic amines is 1. The van der Waals surface area contributed by atoms with Crippen molar-refractivity contribution in [2.45, 2.75) is 19.6 Å². The largest absolute Gasteiger partial charge is 0.481 e. The number of aromatic nitrogens is 2. The summed E-state index contributed by atoms with van der Waals surface area (Å²) in [5.74, 6) is 0.675. The Hall–Kier alpha value is -3.18. The van der Waals surface area contributed by atoms with E-state index in [-0.39, 0.29) is 18.0 Å². The average molecular weight is 368 g/mol. The van der Waals surface area contributed by atoms with Crippen LogP contribution >= 0.6 is 11.3 Å². The number of likely N-dealkylation sites (N-methyl/N-ethyl adjacent to an activating group) is 1. The molecule has 0 aliphatic heterocycles. The van der Waals surface area contributed by atoms with Gasteiger partial charge < -0.3 is 14.6 Å². The van der Waals surface area contributed by atoms with Crippen LogP contribution in [0.15, 0.2) is 40.5 Å². The number of H-pyrrole nitrogens is 1. The zero-order chi connectivity index (χ0) is 18.7. The first-order valence-corrected chi connectivity index (χ1v) is 8.74. The maximum atomic E-state index is 12.5. The number of rotatable bonds is 5. The molecule has 0 spiro atoms. The number of benzene rings is 1. The molecular weight excluding hydrogens is 352 g/mol. The highest BCUT2D eigenvalue weighted by atomic mass is 32.1. The van der Waals surface area contributed by atoms with Gasteiger partial charge in [0.1, 0.15) is 16.3 Å². The molecule has 1 N–H and O–H groups in total. The molecule has 2 heterocycles. The SMILES string of the molecule is CC(Oc1ccc(C#N)cc1)C(=O)N(C)Cc1nc2ccsc2c(=O)[nH]1. The van der Waals surface area contributed by atoms with E-state index < -0.39 is 6.10 Å². The molecule has 0 bridgehead atoms. The second kappa shape index (κ2) is 7.37. The van der Waals surface area contributed by atoms with Crippen molar-refractivity contribution in [1.29, 1.82) is 5.26 Å². The topological polar surface area (TPSA) is 99.1 Å². The van der Waals surface area contributed by atoms with E-state index in [9.17, 15) is 9.59 Å². The van der Waals surface area contributed by atoms with E-state index in [1.165, 1.54) is 16.2 Å². The zero-order valence-corrected chi connectivity index (χ0v) is 15.0. The van der Waals surface area contributed by atoms with Gasteiger partial charge in [-0.2, -0.15) is 5.26 Å². The fourth-order valence-electron chi connectivity index (χ4n) is 2.47. The van der Waals surface area contributed by atoms with E-state index >= 15 is 0 Å². The summed E-state index contributed by atoms with van der Waals surface area (Å²) in [6.45, 7) is 1.82. The third kappa shape index (κ3) is 3.73. The Balaban J connectivity index is 1.67. The normalized spacial score (nSPS) is 11.7. The van der Waals surface area contributed by atoms with Crippen LogP contribution in [0.5, 0.6) is 5.75 Å². The summed E-state index contributed by atoms with van der Waals surface area (Å²) in [6.07, 6.45) is -0.718.